The number of hydrogen-bond donors (Lipinski definition) is 2. The monoisotopic (exact) mass is 196 g/mol. The summed E-state index contributed by atoms with van der Waals surface area (Å²) in [4.78, 5) is 0. The quantitative estimate of drug-likeness (QED) is 0.443. The summed E-state index contributed by atoms with van der Waals surface area (Å²) in [6, 6.07) is 5.75. The van der Waals surface area contributed by atoms with Crippen LogP contribution in [0.2, 0.25) is 5.02 Å². The minimum atomic E-state index is -0.0904. The van der Waals surface area contributed by atoms with E-state index in [2.05, 4.69) is 12.0 Å². The standard InChI is InChI=1S/C10H13ClN2/c1-3-9(13-12)8-6-4-5-7(2)10(8)11/h3-6,9,13H,1,12H2,2H3. The van der Waals surface area contributed by atoms with E-state index >= 15 is 0 Å². The number of benzene rings is 1. The first kappa shape index (κ1) is 10.3. The Balaban J connectivity index is 3.13. The predicted molar refractivity (Wildman–Crippen MR) is 56.5 cm³/mol. The summed E-state index contributed by atoms with van der Waals surface area (Å²) in [6.45, 7) is 5.64. The maximum atomic E-state index is 6.10. The first-order valence-corrected chi connectivity index (χ1v) is 4.42. The Labute approximate surface area is 83.4 Å². The number of rotatable bonds is 3. The van der Waals surface area contributed by atoms with E-state index in [4.69, 9.17) is 17.4 Å². The lowest BCUT2D eigenvalue weighted by Crippen LogP contribution is -2.26. The highest BCUT2D eigenvalue weighted by Gasteiger charge is 2.09. The molecule has 2 nitrogen and oxygen atoms in total. The topological polar surface area (TPSA) is 38.0 Å². The summed E-state index contributed by atoms with van der Waals surface area (Å²) < 4.78 is 0. The van der Waals surface area contributed by atoms with E-state index in [1.807, 2.05) is 25.1 Å². The van der Waals surface area contributed by atoms with Gasteiger partial charge in [-0.2, -0.15) is 0 Å². The molecule has 70 valence electrons. The Morgan fingerprint density at radius 3 is 2.85 bits per heavy atom. The lowest BCUT2D eigenvalue weighted by atomic mass is 10.1. The number of hydrazine groups is 1. The third-order valence-electron chi connectivity index (χ3n) is 1.97. The van der Waals surface area contributed by atoms with Crippen LogP contribution in [-0.2, 0) is 0 Å². The maximum Gasteiger partial charge on any atom is 0.0652 e. The highest BCUT2D eigenvalue weighted by Crippen LogP contribution is 2.25. The summed E-state index contributed by atoms with van der Waals surface area (Å²) >= 11 is 6.10. The van der Waals surface area contributed by atoms with Crippen molar-refractivity contribution in [2.45, 2.75) is 13.0 Å². The third kappa shape index (κ3) is 2.10. The van der Waals surface area contributed by atoms with Gasteiger partial charge in [-0.1, -0.05) is 35.9 Å². The normalized spacial score (nSPS) is 12.5. The molecule has 0 radical (unpaired) electrons. The fourth-order valence-electron chi connectivity index (χ4n) is 1.20. The molecule has 0 bridgehead atoms. The fraction of sp³-hybridized carbons (Fsp3) is 0.200. The molecular weight excluding hydrogens is 184 g/mol. The zero-order valence-electron chi connectivity index (χ0n) is 7.55. The van der Waals surface area contributed by atoms with Crippen LogP contribution in [0.3, 0.4) is 0 Å². The van der Waals surface area contributed by atoms with Crippen LogP contribution < -0.4 is 11.3 Å². The van der Waals surface area contributed by atoms with Gasteiger partial charge in [-0.15, -0.1) is 6.58 Å². The van der Waals surface area contributed by atoms with Crippen molar-refractivity contribution in [3.8, 4) is 0 Å². The van der Waals surface area contributed by atoms with Crippen LogP contribution in [0.4, 0.5) is 0 Å². The van der Waals surface area contributed by atoms with Gasteiger partial charge in [-0.3, -0.25) is 5.84 Å². The molecule has 1 aromatic carbocycles. The lowest BCUT2D eigenvalue weighted by Gasteiger charge is -2.14. The number of hydrogen-bond acceptors (Lipinski definition) is 2. The van der Waals surface area contributed by atoms with Gasteiger partial charge in [0.15, 0.2) is 0 Å². The van der Waals surface area contributed by atoms with Gasteiger partial charge in [0.25, 0.3) is 0 Å². The van der Waals surface area contributed by atoms with Crippen molar-refractivity contribution in [2.75, 3.05) is 0 Å². The van der Waals surface area contributed by atoms with Crippen LogP contribution in [-0.4, -0.2) is 0 Å². The fourth-order valence-corrected chi connectivity index (χ4v) is 1.44. The average Bonchev–Trinajstić information content (AvgIpc) is 2.14. The Hall–Kier alpha value is -0.830. The minimum absolute atomic E-state index is 0.0904. The molecule has 0 aliphatic rings. The second-order valence-electron chi connectivity index (χ2n) is 2.86. The molecule has 0 spiro atoms. The molecule has 1 atom stereocenters. The molecule has 0 saturated carbocycles. The number of halogens is 1. The molecule has 0 aliphatic carbocycles. The number of nitrogens with one attached hydrogen (secondary N) is 1. The molecule has 0 saturated heterocycles. The lowest BCUT2D eigenvalue weighted by molar-refractivity contribution is 0.656. The summed E-state index contributed by atoms with van der Waals surface area (Å²) in [7, 11) is 0. The Morgan fingerprint density at radius 1 is 1.62 bits per heavy atom. The Morgan fingerprint density at radius 2 is 2.31 bits per heavy atom. The highest BCUT2D eigenvalue weighted by atomic mass is 35.5. The van der Waals surface area contributed by atoms with Crippen molar-refractivity contribution in [3.63, 3.8) is 0 Å². The van der Waals surface area contributed by atoms with Crippen molar-refractivity contribution in [3.05, 3.63) is 47.0 Å². The van der Waals surface area contributed by atoms with Crippen molar-refractivity contribution in [2.24, 2.45) is 5.84 Å². The zero-order valence-corrected chi connectivity index (χ0v) is 8.31. The summed E-state index contributed by atoms with van der Waals surface area (Å²) in [5.74, 6) is 5.35. The van der Waals surface area contributed by atoms with Gasteiger partial charge in [0, 0.05) is 5.02 Å². The largest absolute Gasteiger partial charge is 0.271 e. The molecule has 0 aromatic heterocycles. The molecule has 1 unspecified atom stereocenters. The summed E-state index contributed by atoms with van der Waals surface area (Å²) in [5, 5.41) is 0.741. The second kappa shape index (κ2) is 4.42. The van der Waals surface area contributed by atoms with Crippen LogP contribution >= 0.6 is 11.6 Å². The average molecular weight is 197 g/mol. The predicted octanol–water partition coefficient (Wildman–Crippen LogP) is 2.34. The van der Waals surface area contributed by atoms with Gasteiger partial charge in [-0.05, 0) is 18.1 Å². The van der Waals surface area contributed by atoms with Gasteiger partial charge in [0.05, 0.1) is 6.04 Å². The second-order valence-corrected chi connectivity index (χ2v) is 3.24. The van der Waals surface area contributed by atoms with Gasteiger partial charge >= 0.3 is 0 Å². The van der Waals surface area contributed by atoms with Crippen LogP contribution in [0.15, 0.2) is 30.9 Å². The van der Waals surface area contributed by atoms with Crippen molar-refractivity contribution in [1.29, 1.82) is 0 Å². The van der Waals surface area contributed by atoms with E-state index in [1.54, 1.807) is 6.08 Å². The molecular formula is C10H13ClN2. The minimum Gasteiger partial charge on any atom is -0.271 e. The molecule has 0 amide bonds. The third-order valence-corrected chi connectivity index (χ3v) is 2.49. The van der Waals surface area contributed by atoms with E-state index in [0.717, 1.165) is 16.1 Å². The molecule has 3 N–H and O–H groups in total. The first-order chi connectivity index (χ1) is 6.20. The molecule has 0 fully saturated rings. The van der Waals surface area contributed by atoms with Crippen LogP contribution in [0.1, 0.15) is 17.2 Å². The number of nitrogens with two attached hydrogens (primary N) is 1. The first-order valence-electron chi connectivity index (χ1n) is 4.04. The van der Waals surface area contributed by atoms with Crippen molar-refractivity contribution in [1.82, 2.24) is 5.43 Å². The van der Waals surface area contributed by atoms with Gasteiger partial charge in [0.1, 0.15) is 0 Å². The molecule has 0 heterocycles. The zero-order chi connectivity index (χ0) is 9.84. The van der Waals surface area contributed by atoms with Gasteiger partial charge < -0.3 is 0 Å². The van der Waals surface area contributed by atoms with Gasteiger partial charge in [-0.25, -0.2) is 5.43 Å². The Bertz CT molecular complexity index is 310. The van der Waals surface area contributed by atoms with Crippen LogP contribution in [0.25, 0.3) is 0 Å². The number of aryl methyl sites for hydroxylation is 1. The highest BCUT2D eigenvalue weighted by molar-refractivity contribution is 6.32. The van der Waals surface area contributed by atoms with Gasteiger partial charge in [0.2, 0.25) is 0 Å². The van der Waals surface area contributed by atoms with Crippen molar-refractivity contribution < 1.29 is 0 Å². The Kier molecular flexibility index (Phi) is 3.48. The molecule has 1 aromatic rings. The van der Waals surface area contributed by atoms with Crippen molar-refractivity contribution >= 4 is 11.6 Å². The van der Waals surface area contributed by atoms with E-state index in [-0.39, 0.29) is 6.04 Å². The molecule has 1 rings (SSSR count). The van der Waals surface area contributed by atoms with Crippen LogP contribution in [0, 0.1) is 6.92 Å². The SMILES string of the molecule is C=CC(NN)c1cccc(C)c1Cl. The smallest absolute Gasteiger partial charge is 0.0652 e. The summed E-state index contributed by atoms with van der Waals surface area (Å²) in [5.41, 5.74) is 4.63. The molecule has 0 aliphatic heterocycles. The summed E-state index contributed by atoms with van der Waals surface area (Å²) in [6.07, 6.45) is 1.72. The van der Waals surface area contributed by atoms with E-state index < -0.39 is 0 Å². The van der Waals surface area contributed by atoms with E-state index in [9.17, 15) is 0 Å². The maximum absolute atomic E-state index is 6.10. The molecule has 13 heavy (non-hydrogen) atoms. The molecule has 3 heteroatoms. The van der Waals surface area contributed by atoms with Crippen LogP contribution in [0.5, 0.6) is 0 Å². The van der Waals surface area contributed by atoms with E-state index in [1.165, 1.54) is 0 Å². The van der Waals surface area contributed by atoms with E-state index in [0.29, 0.717) is 0 Å².